The maximum absolute atomic E-state index is 10.7. The number of ketones is 1. The van der Waals surface area contributed by atoms with Crippen molar-refractivity contribution in [3.05, 3.63) is 11.6 Å². The largest absolute Gasteiger partial charge is 0.295 e. The Hall–Kier alpha value is -0.590. The van der Waals surface area contributed by atoms with E-state index in [-0.39, 0.29) is 0 Å². The number of fused-ring (bicyclic) bond motifs is 1. The van der Waals surface area contributed by atoms with E-state index in [9.17, 15) is 4.79 Å². The Balaban J connectivity index is 2.37. The third-order valence-corrected chi connectivity index (χ3v) is 2.11. The molecule has 1 saturated carbocycles. The fraction of sp³-hybridized carbons (Fsp3) is 0.571. The summed E-state index contributed by atoms with van der Waals surface area (Å²) in [6, 6.07) is 0. The van der Waals surface area contributed by atoms with Gasteiger partial charge in [-0.15, -0.1) is 0 Å². The molecule has 0 aromatic carbocycles. The molecule has 2 rings (SSSR count). The Morgan fingerprint density at radius 3 is 2.50 bits per heavy atom. The molecule has 0 bridgehead atoms. The van der Waals surface area contributed by atoms with E-state index in [0.717, 1.165) is 6.42 Å². The van der Waals surface area contributed by atoms with Gasteiger partial charge >= 0.3 is 0 Å². The highest BCUT2D eigenvalue weighted by Gasteiger charge is 2.47. The van der Waals surface area contributed by atoms with E-state index in [1.54, 1.807) is 6.08 Å². The minimum Gasteiger partial charge on any atom is -0.295 e. The predicted molar refractivity (Wildman–Crippen MR) is 30.4 cm³/mol. The molecule has 1 nitrogen and oxygen atoms in total. The number of carbonyl (C=O) groups excluding carboxylic acids is 1. The molecular formula is C7H8O. The van der Waals surface area contributed by atoms with Crippen molar-refractivity contribution in [1.82, 2.24) is 0 Å². The highest BCUT2D eigenvalue weighted by atomic mass is 16.1. The molecule has 2 aliphatic rings. The van der Waals surface area contributed by atoms with Crippen LogP contribution in [-0.2, 0) is 4.79 Å². The Morgan fingerprint density at radius 2 is 2.38 bits per heavy atom. The van der Waals surface area contributed by atoms with Gasteiger partial charge in [0.2, 0.25) is 0 Å². The second-order valence-electron chi connectivity index (χ2n) is 2.74. The van der Waals surface area contributed by atoms with Crippen molar-refractivity contribution in [2.45, 2.75) is 13.3 Å². The summed E-state index contributed by atoms with van der Waals surface area (Å²) in [6.45, 7) is 2.05. The van der Waals surface area contributed by atoms with Crippen LogP contribution >= 0.6 is 0 Å². The summed E-state index contributed by atoms with van der Waals surface area (Å²) in [5.74, 6) is 1.46. The molecule has 0 spiro atoms. The molecular weight excluding hydrogens is 100 g/mol. The summed E-state index contributed by atoms with van der Waals surface area (Å²) in [6.07, 6.45) is 2.93. The zero-order valence-electron chi connectivity index (χ0n) is 4.85. The van der Waals surface area contributed by atoms with E-state index < -0.39 is 0 Å². The number of hydrogen-bond acceptors (Lipinski definition) is 1. The van der Waals surface area contributed by atoms with Gasteiger partial charge in [0.05, 0.1) is 0 Å². The van der Waals surface area contributed by atoms with Crippen LogP contribution < -0.4 is 0 Å². The SMILES string of the molecule is CC1=CC(=O)C2CC12. The molecule has 1 heteroatoms. The first-order chi connectivity index (χ1) is 3.79. The molecule has 0 aromatic rings. The molecule has 0 heterocycles. The topological polar surface area (TPSA) is 17.1 Å². The van der Waals surface area contributed by atoms with Crippen LogP contribution in [0.1, 0.15) is 13.3 Å². The van der Waals surface area contributed by atoms with Crippen LogP contribution in [0, 0.1) is 11.8 Å². The maximum atomic E-state index is 10.7. The molecule has 0 radical (unpaired) electrons. The van der Waals surface area contributed by atoms with Gasteiger partial charge in [-0.2, -0.15) is 0 Å². The first kappa shape index (κ1) is 4.30. The van der Waals surface area contributed by atoms with Crippen molar-refractivity contribution in [1.29, 1.82) is 0 Å². The van der Waals surface area contributed by atoms with Crippen molar-refractivity contribution in [3.8, 4) is 0 Å². The molecule has 2 atom stereocenters. The first-order valence-corrected chi connectivity index (χ1v) is 3.01. The minimum absolute atomic E-state index is 0.368. The normalized spacial score (nSPS) is 41.6. The third kappa shape index (κ3) is 0.347. The lowest BCUT2D eigenvalue weighted by Crippen LogP contribution is -1.89. The van der Waals surface area contributed by atoms with Crippen molar-refractivity contribution >= 4 is 5.78 Å². The van der Waals surface area contributed by atoms with E-state index in [0.29, 0.717) is 17.6 Å². The number of hydrogen-bond donors (Lipinski definition) is 0. The van der Waals surface area contributed by atoms with Gasteiger partial charge in [-0.1, -0.05) is 5.57 Å². The van der Waals surface area contributed by atoms with E-state index in [1.807, 2.05) is 0 Å². The zero-order valence-corrected chi connectivity index (χ0v) is 4.85. The summed E-state index contributed by atoms with van der Waals surface area (Å²) >= 11 is 0. The van der Waals surface area contributed by atoms with Gasteiger partial charge in [-0.05, 0) is 25.3 Å². The van der Waals surface area contributed by atoms with Crippen molar-refractivity contribution in [2.75, 3.05) is 0 Å². The summed E-state index contributed by atoms with van der Waals surface area (Å²) in [5.41, 5.74) is 1.31. The summed E-state index contributed by atoms with van der Waals surface area (Å²) < 4.78 is 0. The lowest BCUT2D eigenvalue weighted by atomic mass is 10.2. The molecule has 0 aliphatic heterocycles. The van der Waals surface area contributed by atoms with Crippen LogP contribution in [0.15, 0.2) is 11.6 Å². The minimum atomic E-state index is 0.368. The number of carbonyl (C=O) groups is 1. The lowest BCUT2D eigenvalue weighted by molar-refractivity contribution is -0.115. The fourth-order valence-corrected chi connectivity index (χ4v) is 1.45. The standard InChI is InChI=1S/C7H8O/c1-4-2-7(8)6-3-5(4)6/h2,5-6H,3H2,1H3. The Morgan fingerprint density at radius 1 is 1.62 bits per heavy atom. The lowest BCUT2D eigenvalue weighted by Gasteiger charge is -1.83. The first-order valence-electron chi connectivity index (χ1n) is 3.01. The van der Waals surface area contributed by atoms with Crippen LogP contribution in [0.2, 0.25) is 0 Å². The molecule has 0 saturated heterocycles. The van der Waals surface area contributed by atoms with Gasteiger partial charge in [-0.25, -0.2) is 0 Å². The average Bonchev–Trinajstić information content (AvgIpc) is 2.35. The van der Waals surface area contributed by atoms with Crippen LogP contribution in [0.4, 0.5) is 0 Å². The molecule has 0 amide bonds. The molecule has 0 aromatic heterocycles. The van der Waals surface area contributed by atoms with Gasteiger partial charge in [-0.3, -0.25) is 4.79 Å². The molecule has 42 valence electrons. The molecule has 1 fully saturated rings. The number of rotatable bonds is 0. The summed E-state index contributed by atoms with van der Waals surface area (Å²) in [4.78, 5) is 10.7. The fourth-order valence-electron chi connectivity index (χ4n) is 1.45. The highest BCUT2D eigenvalue weighted by molar-refractivity contribution is 5.98. The van der Waals surface area contributed by atoms with E-state index in [4.69, 9.17) is 0 Å². The van der Waals surface area contributed by atoms with E-state index >= 15 is 0 Å². The van der Waals surface area contributed by atoms with Crippen LogP contribution in [0.3, 0.4) is 0 Å². The Bertz CT molecular complexity index is 179. The van der Waals surface area contributed by atoms with Gasteiger partial charge in [0, 0.05) is 5.92 Å². The van der Waals surface area contributed by atoms with Crippen LogP contribution in [-0.4, -0.2) is 5.78 Å². The Kier molecular flexibility index (Phi) is 0.561. The van der Waals surface area contributed by atoms with Gasteiger partial charge in [0.1, 0.15) is 0 Å². The number of allylic oxidation sites excluding steroid dienone is 2. The smallest absolute Gasteiger partial charge is 0.159 e. The van der Waals surface area contributed by atoms with Crippen LogP contribution in [0.25, 0.3) is 0 Å². The molecule has 8 heavy (non-hydrogen) atoms. The average molecular weight is 108 g/mol. The molecule has 0 N–H and O–H groups in total. The second kappa shape index (κ2) is 1.04. The summed E-state index contributed by atoms with van der Waals surface area (Å²) in [5, 5.41) is 0. The quantitative estimate of drug-likeness (QED) is 0.455. The van der Waals surface area contributed by atoms with Crippen molar-refractivity contribution in [3.63, 3.8) is 0 Å². The van der Waals surface area contributed by atoms with Crippen molar-refractivity contribution in [2.24, 2.45) is 11.8 Å². The van der Waals surface area contributed by atoms with Gasteiger partial charge in [0.15, 0.2) is 5.78 Å². The maximum Gasteiger partial charge on any atom is 0.159 e. The predicted octanol–water partition coefficient (Wildman–Crippen LogP) is 1.15. The monoisotopic (exact) mass is 108 g/mol. The van der Waals surface area contributed by atoms with E-state index in [2.05, 4.69) is 6.92 Å². The second-order valence-corrected chi connectivity index (χ2v) is 2.74. The third-order valence-electron chi connectivity index (χ3n) is 2.11. The zero-order chi connectivity index (χ0) is 5.72. The van der Waals surface area contributed by atoms with Crippen LogP contribution in [0.5, 0.6) is 0 Å². The van der Waals surface area contributed by atoms with Gasteiger partial charge < -0.3 is 0 Å². The summed E-state index contributed by atoms with van der Waals surface area (Å²) in [7, 11) is 0. The Labute approximate surface area is 48.4 Å². The molecule has 2 aliphatic carbocycles. The van der Waals surface area contributed by atoms with Crippen molar-refractivity contribution < 1.29 is 4.79 Å². The molecule has 2 unspecified atom stereocenters. The highest BCUT2D eigenvalue weighted by Crippen LogP contribution is 2.49. The van der Waals surface area contributed by atoms with Gasteiger partial charge in [0.25, 0.3) is 0 Å². The van der Waals surface area contributed by atoms with E-state index in [1.165, 1.54) is 5.57 Å².